The number of carbonyl (C=O) groups excluding carboxylic acids is 2. The van der Waals surface area contributed by atoms with E-state index in [1.807, 2.05) is 75.1 Å². The first kappa shape index (κ1) is 22.1. The van der Waals surface area contributed by atoms with E-state index in [0.717, 1.165) is 36.8 Å². The zero-order valence-corrected chi connectivity index (χ0v) is 19.2. The first-order valence-electron chi connectivity index (χ1n) is 11.3. The van der Waals surface area contributed by atoms with Crippen LogP contribution in [0.25, 0.3) is 0 Å². The van der Waals surface area contributed by atoms with Crippen molar-refractivity contribution in [1.29, 1.82) is 0 Å². The van der Waals surface area contributed by atoms with Crippen LogP contribution in [0.15, 0.2) is 48.5 Å². The molecule has 2 aliphatic rings. The minimum Gasteiger partial charge on any atom is -0.312 e. The summed E-state index contributed by atoms with van der Waals surface area (Å²) in [6.07, 6.45) is 3.14. The molecule has 32 heavy (non-hydrogen) atoms. The summed E-state index contributed by atoms with van der Waals surface area (Å²) < 4.78 is 0. The SMILES string of the molecule is Cc1ccccc1NC(=O)N(O)C1N(c2ccccc2C)C(=O)N(C2CCCC2)C1(C)C. The van der Waals surface area contributed by atoms with Gasteiger partial charge in [0.2, 0.25) is 0 Å². The average molecular weight is 437 g/mol. The van der Waals surface area contributed by atoms with E-state index in [4.69, 9.17) is 0 Å². The summed E-state index contributed by atoms with van der Waals surface area (Å²) in [5.74, 6) is 0. The number of nitrogens with one attached hydrogen (secondary N) is 1. The molecule has 1 unspecified atom stereocenters. The second-order valence-corrected chi connectivity index (χ2v) is 9.36. The molecular formula is C25H32N4O3. The standard InChI is InChI=1S/C25H32N4O3/c1-17-11-5-9-15-20(17)26-23(30)29(32)22-25(3,4)28(19-13-7-8-14-19)24(31)27(22)21-16-10-6-12-18(21)2/h5-6,9-12,15-16,19,22,32H,7-8,13-14H2,1-4H3,(H,26,30). The third kappa shape index (κ3) is 3.71. The molecule has 1 saturated carbocycles. The lowest BCUT2D eigenvalue weighted by molar-refractivity contribution is -0.0976. The summed E-state index contributed by atoms with van der Waals surface area (Å²) in [6.45, 7) is 7.68. The van der Waals surface area contributed by atoms with Crippen LogP contribution in [-0.4, -0.2) is 45.0 Å². The fourth-order valence-corrected chi connectivity index (χ4v) is 5.17. The minimum absolute atomic E-state index is 0.0989. The highest BCUT2D eigenvalue weighted by Gasteiger charge is 2.58. The van der Waals surface area contributed by atoms with Gasteiger partial charge in [0.25, 0.3) is 0 Å². The smallest absolute Gasteiger partial charge is 0.312 e. The summed E-state index contributed by atoms with van der Waals surface area (Å²) >= 11 is 0. The molecule has 1 atom stereocenters. The Labute approximate surface area is 189 Å². The van der Waals surface area contributed by atoms with Crippen molar-refractivity contribution in [3.05, 3.63) is 59.7 Å². The molecule has 2 aromatic rings. The first-order valence-corrected chi connectivity index (χ1v) is 11.3. The maximum atomic E-state index is 13.8. The van der Waals surface area contributed by atoms with Crippen molar-refractivity contribution in [1.82, 2.24) is 9.96 Å². The van der Waals surface area contributed by atoms with Crippen molar-refractivity contribution in [3.8, 4) is 0 Å². The number of carbonyl (C=O) groups is 2. The van der Waals surface area contributed by atoms with Gasteiger partial charge in [-0.3, -0.25) is 10.1 Å². The topological polar surface area (TPSA) is 76.1 Å². The third-order valence-corrected chi connectivity index (χ3v) is 6.80. The lowest BCUT2D eigenvalue weighted by Gasteiger charge is -2.40. The number of urea groups is 2. The van der Waals surface area contributed by atoms with Crippen LogP contribution in [0.3, 0.4) is 0 Å². The number of amides is 4. The number of aryl methyl sites for hydroxylation is 2. The molecule has 1 heterocycles. The molecule has 4 amide bonds. The summed E-state index contributed by atoms with van der Waals surface area (Å²) in [5, 5.41) is 14.7. The summed E-state index contributed by atoms with van der Waals surface area (Å²) in [7, 11) is 0. The molecule has 1 aliphatic carbocycles. The van der Waals surface area contributed by atoms with Crippen LogP contribution in [0, 0.1) is 13.8 Å². The number of anilines is 2. The van der Waals surface area contributed by atoms with Crippen molar-refractivity contribution in [2.45, 2.75) is 71.1 Å². The molecule has 2 aromatic carbocycles. The Hall–Kier alpha value is -3.06. The first-order chi connectivity index (χ1) is 15.2. The Bertz CT molecular complexity index is 1020. The molecule has 2 fully saturated rings. The lowest BCUT2D eigenvalue weighted by atomic mass is 9.97. The van der Waals surface area contributed by atoms with Crippen LogP contribution in [0.5, 0.6) is 0 Å². The maximum absolute atomic E-state index is 13.8. The molecule has 1 aliphatic heterocycles. The van der Waals surface area contributed by atoms with E-state index < -0.39 is 17.7 Å². The number of nitrogens with zero attached hydrogens (tertiary/aromatic N) is 3. The summed E-state index contributed by atoms with van der Waals surface area (Å²) in [5.41, 5.74) is 2.31. The average Bonchev–Trinajstić information content (AvgIpc) is 3.33. The molecule has 0 radical (unpaired) electrons. The van der Waals surface area contributed by atoms with Crippen molar-refractivity contribution in [2.24, 2.45) is 0 Å². The highest BCUT2D eigenvalue weighted by Crippen LogP contribution is 2.43. The van der Waals surface area contributed by atoms with E-state index in [0.29, 0.717) is 16.4 Å². The number of hydrogen-bond donors (Lipinski definition) is 2. The lowest BCUT2D eigenvalue weighted by Crippen LogP contribution is -2.59. The van der Waals surface area contributed by atoms with Crippen molar-refractivity contribution >= 4 is 23.4 Å². The molecule has 4 rings (SSSR count). The van der Waals surface area contributed by atoms with Gasteiger partial charge in [-0.2, -0.15) is 5.06 Å². The molecule has 2 N–H and O–H groups in total. The Balaban J connectivity index is 1.73. The maximum Gasteiger partial charge on any atom is 0.347 e. The number of benzene rings is 2. The quantitative estimate of drug-likeness (QED) is 0.490. The molecule has 7 heteroatoms. The van der Waals surface area contributed by atoms with Gasteiger partial charge in [0.05, 0.1) is 11.2 Å². The summed E-state index contributed by atoms with van der Waals surface area (Å²) in [4.78, 5) is 30.4. The van der Waals surface area contributed by atoms with Gasteiger partial charge in [0.1, 0.15) is 0 Å². The molecule has 7 nitrogen and oxygen atoms in total. The van der Waals surface area contributed by atoms with Gasteiger partial charge < -0.3 is 10.2 Å². The Morgan fingerprint density at radius 1 is 1.03 bits per heavy atom. The van der Waals surface area contributed by atoms with Gasteiger partial charge in [-0.25, -0.2) is 9.59 Å². The van der Waals surface area contributed by atoms with Gasteiger partial charge in [-0.05, 0) is 63.8 Å². The van der Waals surface area contributed by atoms with E-state index in [2.05, 4.69) is 5.32 Å². The van der Waals surface area contributed by atoms with Gasteiger partial charge in [0, 0.05) is 11.7 Å². The van der Waals surface area contributed by atoms with E-state index in [1.165, 1.54) is 0 Å². The molecular weight excluding hydrogens is 404 g/mol. The predicted molar refractivity (Wildman–Crippen MR) is 125 cm³/mol. The fraction of sp³-hybridized carbons (Fsp3) is 0.440. The van der Waals surface area contributed by atoms with Crippen LogP contribution < -0.4 is 10.2 Å². The largest absolute Gasteiger partial charge is 0.347 e. The number of rotatable bonds is 4. The predicted octanol–water partition coefficient (Wildman–Crippen LogP) is 5.52. The van der Waals surface area contributed by atoms with E-state index in [9.17, 15) is 14.8 Å². The molecule has 0 bridgehead atoms. The highest BCUT2D eigenvalue weighted by atomic mass is 16.5. The van der Waals surface area contributed by atoms with Crippen molar-refractivity contribution in [3.63, 3.8) is 0 Å². The van der Waals surface area contributed by atoms with E-state index >= 15 is 0 Å². The van der Waals surface area contributed by atoms with Gasteiger partial charge >= 0.3 is 12.1 Å². The van der Waals surface area contributed by atoms with Crippen molar-refractivity contribution in [2.75, 3.05) is 10.2 Å². The monoisotopic (exact) mass is 436 g/mol. The molecule has 1 saturated heterocycles. The number of hydrogen-bond acceptors (Lipinski definition) is 3. The molecule has 0 spiro atoms. The Morgan fingerprint density at radius 2 is 1.62 bits per heavy atom. The Morgan fingerprint density at radius 3 is 2.25 bits per heavy atom. The zero-order valence-electron chi connectivity index (χ0n) is 19.2. The minimum atomic E-state index is -0.888. The zero-order chi connectivity index (χ0) is 23.0. The fourth-order valence-electron chi connectivity index (χ4n) is 5.17. The van der Waals surface area contributed by atoms with E-state index in [-0.39, 0.29) is 12.1 Å². The second kappa shape index (κ2) is 8.47. The second-order valence-electron chi connectivity index (χ2n) is 9.36. The third-order valence-electron chi connectivity index (χ3n) is 6.80. The van der Waals surface area contributed by atoms with Crippen LogP contribution in [-0.2, 0) is 0 Å². The number of hydroxylamine groups is 2. The van der Waals surface area contributed by atoms with Crippen LogP contribution in [0.4, 0.5) is 21.0 Å². The highest BCUT2D eigenvalue weighted by molar-refractivity contribution is 5.99. The van der Waals surface area contributed by atoms with Gasteiger partial charge in [0.15, 0.2) is 6.17 Å². The normalized spacial score (nSPS) is 20.7. The van der Waals surface area contributed by atoms with Crippen molar-refractivity contribution < 1.29 is 14.8 Å². The van der Waals surface area contributed by atoms with Crippen LogP contribution in [0.1, 0.15) is 50.7 Å². The van der Waals surface area contributed by atoms with Gasteiger partial charge in [-0.15, -0.1) is 0 Å². The van der Waals surface area contributed by atoms with E-state index in [1.54, 1.807) is 11.0 Å². The molecule has 170 valence electrons. The molecule has 0 aromatic heterocycles. The van der Waals surface area contributed by atoms with Gasteiger partial charge in [-0.1, -0.05) is 49.2 Å². The Kier molecular flexibility index (Phi) is 5.86. The van der Waals surface area contributed by atoms with Crippen LogP contribution >= 0.6 is 0 Å². The number of para-hydroxylation sites is 2. The van der Waals surface area contributed by atoms with Crippen LogP contribution in [0.2, 0.25) is 0 Å². The summed E-state index contributed by atoms with van der Waals surface area (Å²) in [6, 6.07) is 14.2.